The summed E-state index contributed by atoms with van der Waals surface area (Å²) in [6.45, 7) is 3.67. The minimum absolute atomic E-state index is 0.0742. The van der Waals surface area contributed by atoms with E-state index in [2.05, 4.69) is 20.8 Å². The summed E-state index contributed by atoms with van der Waals surface area (Å²) in [5.74, 6) is 0.585. The van der Waals surface area contributed by atoms with Crippen LogP contribution in [0, 0.1) is 6.92 Å². The van der Waals surface area contributed by atoms with Crippen LogP contribution in [0.2, 0.25) is 0 Å². The highest BCUT2D eigenvalue weighted by atomic mass is 16.2. The van der Waals surface area contributed by atoms with Gasteiger partial charge in [-0.05, 0) is 20.9 Å². The van der Waals surface area contributed by atoms with E-state index in [9.17, 15) is 4.79 Å². The van der Waals surface area contributed by atoms with E-state index in [1.165, 1.54) is 0 Å². The van der Waals surface area contributed by atoms with Crippen molar-refractivity contribution in [3.05, 3.63) is 11.8 Å². The van der Waals surface area contributed by atoms with E-state index in [1.807, 2.05) is 6.92 Å². The first kappa shape index (κ1) is 9.73. The van der Waals surface area contributed by atoms with Gasteiger partial charge in [-0.1, -0.05) is 0 Å². The number of aromatic nitrogens is 2. The second kappa shape index (κ2) is 4.04. The quantitative estimate of drug-likeness (QED) is 0.628. The molecule has 0 aliphatic heterocycles. The number of hydrogen-bond donors (Lipinski definition) is 3. The molecular weight excluding hydrogens is 168 g/mol. The average Bonchev–Trinajstić information content (AvgIpc) is 2.50. The molecule has 1 aromatic rings. The molecule has 1 unspecified atom stereocenters. The summed E-state index contributed by atoms with van der Waals surface area (Å²) >= 11 is 0. The number of amides is 1. The van der Waals surface area contributed by atoms with E-state index in [0.717, 1.165) is 5.56 Å². The van der Waals surface area contributed by atoms with Crippen LogP contribution in [0.1, 0.15) is 12.5 Å². The third-order valence-corrected chi connectivity index (χ3v) is 1.90. The van der Waals surface area contributed by atoms with Gasteiger partial charge in [0.15, 0.2) is 0 Å². The number of aryl methyl sites for hydroxylation is 1. The van der Waals surface area contributed by atoms with Crippen LogP contribution in [-0.4, -0.2) is 29.2 Å². The number of nitrogens with one attached hydrogen (secondary N) is 3. The van der Waals surface area contributed by atoms with Crippen LogP contribution >= 0.6 is 0 Å². The zero-order valence-electron chi connectivity index (χ0n) is 8.01. The molecule has 5 heteroatoms. The Kier molecular flexibility index (Phi) is 3.02. The smallest absolute Gasteiger partial charge is 0.242 e. The number of rotatable bonds is 3. The van der Waals surface area contributed by atoms with Crippen molar-refractivity contribution < 1.29 is 4.79 Å². The molecule has 0 saturated heterocycles. The molecule has 0 fully saturated rings. The Labute approximate surface area is 76.9 Å². The van der Waals surface area contributed by atoms with Gasteiger partial charge in [-0.2, -0.15) is 5.10 Å². The van der Waals surface area contributed by atoms with Crippen molar-refractivity contribution in [3.8, 4) is 0 Å². The fraction of sp³-hybridized carbons (Fsp3) is 0.500. The Morgan fingerprint density at radius 1 is 1.69 bits per heavy atom. The molecule has 0 aliphatic rings. The van der Waals surface area contributed by atoms with Gasteiger partial charge in [0.2, 0.25) is 5.91 Å². The lowest BCUT2D eigenvalue weighted by Crippen LogP contribution is -2.35. The van der Waals surface area contributed by atoms with Gasteiger partial charge in [-0.25, -0.2) is 0 Å². The van der Waals surface area contributed by atoms with Crippen molar-refractivity contribution in [2.75, 3.05) is 12.4 Å². The summed E-state index contributed by atoms with van der Waals surface area (Å²) in [6, 6.07) is -0.206. The Morgan fingerprint density at radius 2 is 2.38 bits per heavy atom. The molecule has 3 N–H and O–H groups in total. The summed E-state index contributed by atoms with van der Waals surface area (Å²) in [5, 5.41) is 12.1. The monoisotopic (exact) mass is 182 g/mol. The minimum Gasteiger partial charge on any atom is -0.310 e. The number of carbonyl (C=O) groups is 1. The highest BCUT2D eigenvalue weighted by molar-refractivity contribution is 5.94. The summed E-state index contributed by atoms with van der Waals surface area (Å²) in [4.78, 5) is 11.4. The third-order valence-electron chi connectivity index (χ3n) is 1.90. The Morgan fingerprint density at radius 3 is 2.85 bits per heavy atom. The molecule has 1 rings (SSSR count). The summed E-state index contributed by atoms with van der Waals surface area (Å²) in [7, 11) is 1.74. The molecule has 5 nitrogen and oxygen atoms in total. The molecule has 72 valence electrons. The number of H-pyrrole nitrogens is 1. The Bertz CT molecular complexity index is 294. The number of nitrogens with zero attached hydrogens (tertiary/aromatic N) is 1. The first-order chi connectivity index (χ1) is 6.15. The number of aromatic amines is 1. The van der Waals surface area contributed by atoms with E-state index < -0.39 is 0 Å². The largest absolute Gasteiger partial charge is 0.310 e. The molecule has 0 saturated carbocycles. The zero-order valence-corrected chi connectivity index (χ0v) is 8.01. The highest BCUT2D eigenvalue weighted by Gasteiger charge is 2.11. The third kappa shape index (κ3) is 2.29. The van der Waals surface area contributed by atoms with Crippen molar-refractivity contribution in [1.29, 1.82) is 0 Å². The summed E-state index contributed by atoms with van der Waals surface area (Å²) in [5.41, 5.74) is 0.927. The van der Waals surface area contributed by atoms with Gasteiger partial charge in [0, 0.05) is 5.56 Å². The fourth-order valence-electron chi connectivity index (χ4n) is 0.835. The van der Waals surface area contributed by atoms with Gasteiger partial charge in [-0.3, -0.25) is 9.89 Å². The lowest BCUT2D eigenvalue weighted by molar-refractivity contribution is -0.117. The van der Waals surface area contributed by atoms with Gasteiger partial charge in [-0.15, -0.1) is 0 Å². The fourth-order valence-corrected chi connectivity index (χ4v) is 0.835. The maximum atomic E-state index is 11.4. The van der Waals surface area contributed by atoms with E-state index in [4.69, 9.17) is 0 Å². The number of anilines is 1. The van der Waals surface area contributed by atoms with Crippen molar-refractivity contribution in [2.24, 2.45) is 0 Å². The second-order valence-electron chi connectivity index (χ2n) is 2.93. The number of hydrogen-bond acceptors (Lipinski definition) is 3. The van der Waals surface area contributed by atoms with Crippen molar-refractivity contribution >= 4 is 11.7 Å². The Balaban J connectivity index is 2.60. The normalized spacial score (nSPS) is 12.5. The van der Waals surface area contributed by atoms with Crippen LogP contribution in [0.4, 0.5) is 5.82 Å². The van der Waals surface area contributed by atoms with E-state index in [1.54, 1.807) is 20.2 Å². The molecular formula is C8H14N4O. The van der Waals surface area contributed by atoms with Crippen LogP contribution in [0.15, 0.2) is 6.20 Å². The lowest BCUT2D eigenvalue weighted by atomic mass is 10.3. The van der Waals surface area contributed by atoms with E-state index in [-0.39, 0.29) is 11.9 Å². The maximum Gasteiger partial charge on any atom is 0.242 e. The van der Waals surface area contributed by atoms with Crippen molar-refractivity contribution in [2.45, 2.75) is 19.9 Å². The first-order valence-corrected chi connectivity index (χ1v) is 4.13. The van der Waals surface area contributed by atoms with Gasteiger partial charge in [0.25, 0.3) is 0 Å². The van der Waals surface area contributed by atoms with Crippen molar-refractivity contribution in [1.82, 2.24) is 15.5 Å². The van der Waals surface area contributed by atoms with E-state index in [0.29, 0.717) is 5.82 Å². The standard InChI is InChI=1S/C8H14N4O/c1-5-4-10-12-7(5)11-8(13)6(2)9-3/h4,6,9H,1-3H3,(H2,10,11,12,13). The zero-order chi connectivity index (χ0) is 9.84. The summed E-state index contributed by atoms with van der Waals surface area (Å²) < 4.78 is 0. The molecule has 0 aromatic carbocycles. The SMILES string of the molecule is CNC(C)C(=O)Nc1[nH]ncc1C. The van der Waals surface area contributed by atoms with E-state index >= 15 is 0 Å². The van der Waals surface area contributed by atoms with Crippen LogP contribution in [-0.2, 0) is 4.79 Å². The molecule has 0 bridgehead atoms. The molecule has 0 radical (unpaired) electrons. The lowest BCUT2D eigenvalue weighted by Gasteiger charge is -2.09. The maximum absolute atomic E-state index is 11.4. The van der Waals surface area contributed by atoms with Gasteiger partial charge in [0.05, 0.1) is 12.2 Å². The molecule has 13 heavy (non-hydrogen) atoms. The second-order valence-corrected chi connectivity index (χ2v) is 2.93. The number of likely N-dealkylation sites (N-methyl/N-ethyl adjacent to an activating group) is 1. The van der Waals surface area contributed by atoms with Gasteiger partial charge in [0.1, 0.15) is 5.82 Å². The highest BCUT2D eigenvalue weighted by Crippen LogP contribution is 2.08. The van der Waals surface area contributed by atoms with Gasteiger partial charge >= 0.3 is 0 Å². The molecule has 1 amide bonds. The van der Waals surface area contributed by atoms with Crippen LogP contribution in [0.25, 0.3) is 0 Å². The first-order valence-electron chi connectivity index (χ1n) is 4.13. The average molecular weight is 182 g/mol. The van der Waals surface area contributed by atoms with Crippen LogP contribution < -0.4 is 10.6 Å². The predicted octanol–water partition coefficient (Wildman–Crippen LogP) is 0.265. The molecule has 1 heterocycles. The topological polar surface area (TPSA) is 69.8 Å². The molecule has 0 aliphatic carbocycles. The van der Waals surface area contributed by atoms with Gasteiger partial charge < -0.3 is 10.6 Å². The van der Waals surface area contributed by atoms with Crippen molar-refractivity contribution in [3.63, 3.8) is 0 Å². The minimum atomic E-state index is -0.206. The molecule has 1 atom stereocenters. The molecule has 0 spiro atoms. The Hall–Kier alpha value is -1.36. The summed E-state index contributed by atoms with van der Waals surface area (Å²) in [6.07, 6.45) is 1.67. The van der Waals surface area contributed by atoms with Crippen LogP contribution in [0.3, 0.4) is 0 Å². The van der Waals surface area contributed by atoms with Crippen LogP contribution in [0.5, 0.6) is 0 Å². The number of carbonyl (C=O) groups excluding carboxylic acids is 1. The predicted molar refractivity (Wildman–Crippen MR) is 50.5 cm³/mol. The molecule has 1 aromatic heterocycles.